The first-order valence-corrected chi connectivity index (χ1v) is 10.9. The quantitative estimate of drug-likeness (QED) is 0.596. The summed E-state index contributed by atoms with van der Waals surface area (Å²) in [6.07, 6.45) is 4.97. The molecule has 2 aromatic heterocycles. The molecule has 158 valence electrons. The second-order valence-electron chi connectivity index (χ2n) is 7.34. The molecule has 0 saturated carbocycles. The molecule has 0 spiro atoms. The lowest BCUT2D eigenvalue weighted by Gasteiger charge is -2.37. The van der Waals surface area contributed by atoms with Gasteiger partial charge in [-0.05, 0) is 37.6 Å². The van der Waals surface area contributed by atoms with Crippen LogP contribution in [0.5, 0.6) is 0 Å². The zero-order valence-corrected chi connectivity index (χ0v) is 18.2. The number of nitrogens with one attached hydrogen (secondary N) is 1. The highest BCUT2D eigenvalue weighted by molar-refractivity contribution is 7.15. The number of rotatable bonds is 5. The van der Waals surface area contributed by atoms with Crippen LogP contribution in [0, 0.1) is 5.82 Å². The van der Waals surface area contributed by atoms with Gasteiger partial charge in [-0.15, -0.1) is 11.3 Å². The zero-order chi connectivity index (χ0) is 21.3. The molecule has 6 nitrogen and oxygen atoms in total. The van der Waals surface area contributed by atoms with Gasteiger partial charge < -0.3 is 15.0 Å². The minimum atomic E-state index is -0.301. The first-order valence-electron chi connectivity index (χ1n) is 9.66. The molecule has 0 bridgehead atoms. The van der Waals surface area contributed by atoms with E-state index in [4.69, 9.17) is 16.3 Å². The van der Waals surface area contributed by atoms with E-state index in [0.717, 1.165) is 4.96 Å². The standard InChI is InChI=1S/C21H22ClFN4O2S/c1-13-11-26(12-14(2)29-13)17-4-3-15(9-16(17)23)10-24-19(28)6-5-18-20(22)25-21-27(18)7-8-30-21/h3-9,13-14H,10-12H2,1-2H3,(H,24,28)/b6-5+. The number of fused-ring (bicyclic) bond motifs is 1. The topological polar surface area (TPSA) is 58.9 Å². The number of benzene rings is 1. The molecule has 3 heterocycles. The van der Waals surface area contributed by atoms with Crippen molar-refractivity contribution in [2.24, 2.45) is 0 Å². The molecule has 9 heteroatoms. The molecule has 0 aliphatic carbocycles. The van der Waals surface area contributed by atoms with Gasteiger partial charge in [0.1, 0.15) is 5.82 Å². The molecule has 0 radical (unpaired) electrons. The Morgan fingerprint density at radius 2 is 2.17 bits per heavy atom. The lowest BCUT2D eigenvalue weighted by molar-refractivity contribution is -0.116. The van der Waals surface area contributed by atoms with Crippen molar-refractivity contribution in [2.75, 3.05) is 18.0 Å². The van der Waals surface area contributed by atoms with Crippen LogP contribution >= 0.6 is 22.9 Å². The van der Waals surface area contributed by atoms with Gasteiger partial charge in [0.25, 0.3) is 0 Å². The monoisotopic (exact) mass is 448 g/mol. The maximum Gasteiger partial charge on any atom is 0.244 e. The van der Waals surface area contributed by atoms with Crippen molar-refractivity contribution >= 4 is 45.6 Å². The summed E-state index contributed by atoms with van der Waals surface area (Å²) in [7, 11) is 0. The van der Waals surface area contributed by atoms with Gasteiger partial charge in [0.05, 0.1) is 23.6 Å². The van der Waals surface area contributed by atoms with E-state index in [0.29, 0.717) is 35.2 Å². The predicted octanol–water partition coefficient (Wildman–Crippen LogP) is 4.13. The first kappa shape index (κ1) is 20.8. The summed E-state index contributed by atoms with van der Waals surface area (Å²) in [6, 6.07) is 5.06. The normalized spacial score (nSPS) is 19.7. The van der Waals surface area contributed by atoms with Crippen LogP contribution in [0.15, 0.2) is 35.9 Å². The number of aromatic nitrogens is 2. The number of hydrogen-bond acceptors (Lipinski definition) is 5. The summed E-state index contributed by atoms with van der Waals surface area (Å²) in [5.74, 6) is -0.596. The fourth-order valence-corrected chi connectivity index (χ4v) is 4.63. The van der Waals surface area contributed by atoms with Gasteiger partial charge in [-0.2, -0.15) is 0 Å². The number of imidazole rings is 1. The van der Waals surface area contributed by atoms with Crippen LogP contribution in [-0.4, -0.2) is 40.6 Å². The summed E-state index contributed by atoms with van der Waals surface area (Å²) in [5, 5.41) is 5.01. The Bertz CT molecular complexity index is 1090. The second-order valence-corrected chi connectivity index (χ2v) is 8.57. The summed E-state index contributed by atoms with van der Waals surface area (Å²) in [4.78, 5) is 19.2. The Morgan fingerprint density at radius 1 is 1.40 bits per heavy atom. The molecule has 4 rings (SSSR count). The third-order valence-corrected chi connectivity index (χ3v) is 5.92. The molecule has 30 heavy (non-hydrogen) atoms. The van der Waals surface area contributed by atoms with Crippen molar-refractivity contribution < 1.29 is 13.9 Å². The van der Waals surface area contributed by atoms with Gasteiger partial charge in [-0.25, -0.2) is 9.37 Å². The van der Waals surface area contributed by atoms with E-state index in [9.17, 15) is 9.18 Å². The third-order valence-electron chi connectivity index (χ3n) is 4.89. The van der Waals surface area contributed by atoms with E-state index >= 15 is 0 Å². The summed E-state index contributed by atoms with van der Waals surface area (Å²) >= 11 is 7.58. The lowest BCUT2D eigenvalue weighted by atomic mass is 10.1. The Balaban J connectivity index is 1.38. The van der Waals surface area contributed by atoms with Crippen molar-refractivity contribution in [1.82, 2.24) is 14.7 Å². The smallest absolute Gasteiger partial charge is 0.244 e. The molecule has 1 amide bonds. The number of amides is 1. The second kappa shape index (κ2) is 8.75. The molecule has 1 aliphatic rings. The minimum absolute atomic E-state index is 0.0542. The number of carbonyl (C=O) groups is 1. The Hall–Kier alpha value is -2.42. The number of nitrogens with zero attached hydrogens (tertiary/aromatic N) is 3. The minimum Gasteiger partial charge on any atom is -0.372 e. The van der Waals surface area contributed by atoms with Crippen LogP contribution in [0.2, 0.25) is 5.15 Å². The predicted molar refractivity (Wildman–Crippen MR) is 118 cm³/mol. The highest BCUT2D eigenvalue weighted by Crippen LogP contribution is 2.25. The molecular formula is C21H22ClFN4O2S. The highest BCUT2D eigenvalue weighted by atomic mass is 35.5. The maximum absolute atomic E-state index is 14.7. The van der Waals surface area contributed by atoms with Crippen molar-refractivity contribution in [3.8, 4) is 0 Å². The van der Waals surface area contributed by atoms with Crippen molar-refractivity contribution in [3.05, 3.63) is 58.1 Å². The number of halogens is 2. The van der Waals surface area contributed by atoms with E-state index in [1.807, 2.05) is 40.8 Å². The van der Waals surface area contributed by atoms with Crippen LogP contribution in [-0.2, 0) is 16.1 Å². The number of morpholine rings is 1. The number of carbonyl (C=O) groups excluding carboxylic acids is 1. The summed E-state index contributed by atoms with van der Waals surface area (Å²) in [6.45, 7) is 5.49. The van der Waals surface area contributed by atoms with Gasteiger partial charge in [0.2, 0.25) is 5.91 Å². The van der Waals surface area contributed by atoms with Crippen molar-refractivity contribution in [1.29, 1.82) is 0 Å². The van der Waals surface area contributed by atoms with E-state index < -0.39 is 0 Å². The van der Waals surface area contributed by atoms with E-state index in [2.05, 4.69) is 10.3 Å². The largest absolute Gasteiger partial charge is 0.372 e. The van der Waals surface area contributed by atoms with Gasteiger partial charge in [0.15, 0.2) is 10.1 Å². The number of ether oxygens (including phenoxy) is 1. The van der Waals surface area contributed by atoms with Gasteiger partial charge in [-0.3, -0.25) is 9.20 Å². The van der Waals surface area contributed by atoms with Crippen LogP contribution in [0.3, 0.4) is 0 Å². The summed E-state index contributed by atoms with van der Waals surface area (Å²) < 4.78 is 22.2. The average molecular weight is 449 g/mol. The molecule has 2 atom stereocenters. The molecule has 1 N–H and O–H groups in total. The van der Waals surface area contributed by atoms with Crippen LogP contribution in [0.1, 0.15) is 25.1 Å². The SMILES string of the molecule is CC1CN(c2ccc(CNC(=O)/C=C/c3c(Cl)nc4sccn34)cc2F)CC(C)O1. The number of hydrogen-bond donors (Lipinski definition) is 1. The molecule has 1 aliphatic heterocycles. The third kappa shape index (κ3) is 4.50. The van der Waals surface area contributed by atoms with Gasteiger partial charge in [-0.1, -0.05) is 17.7 Å². The highest BCUT2D eigenvalue weighted by Gasteiger charge is 2.24. The Kier molecular flexibility index (Phi) is 6.08. The molecule has 3 aromatic rings. The van der Waals surface area contributed by atoms with Crippen molar-refractivity contribution in [3.63, 3.8) is 0 Å². The molecule has 2 unspecified atom stereocenters. The molecule has 1 saturated heterocycles. The summed E-state index contributed by atoms with van der Waals surface area (Å²) in [5.41, 5.74) is 1.89. The first-order chi connectivity index (χ1) is 14.4. The fourth-order valence-electron chi connectivity index (χ4n) is 3.62. The molecule has 1 aromatic carbocycles. The zero-order valence-electron chi connectivity index (χ0n) is 16.6. The van der Waals surface area contributed by atoms with E-state index in [1.54, 1.807) is 12.1 Å². The Morgan fingerprint density at radius 3 is 2.90 bits per heavy atom. The van der Waals surface area contributed by atoms with Crippen LogP contribution in [0.25, 0.3) is 11.0 Å². The van der Waals surface area contributed by atoms with Gasteiger partial charge >= 0.3 is 0 Å². The van der Waals surface area contributed by atoms with E-state index in [-0.39, 0.29) is 30.5 Å². The number of thiazole rings is 1. The molecular weight excluding hydrogens is 427 g/mol. The van der Waals surface area contributed by atoms with Crippen LogP contribution < -0.4 is 10.2 Å². The lowest BCUT2D eigenvalue weighted by Crippen LogP contribution is -2.45. The van der Waals surface area contributed by atoms with E-state index in [1.165, 1.54) is 23.5 Å². The van der Waals surface area contributed by atoms with Crippen molar-refractivity contribution in [2.45, 2.75) is 32.6 Å². The van der Waals surface area contributed by atoms with Crippen LogP contribution in [0.4, 0.5) is 10.1 Å². The van der Waals surface area contributed by atoms with Gasteiger partial charge in [0, 0.05) is 37.3 Å². The number of anilines is 1. The Labute approximate surface area is 182 Å². The maximum atomic E-state index is 14.7. The fraction of sp³-hybridized carbons (Fsp3) is 0.333. The molecule has 1 fully saturated rings. The average Bonchev–Trinajstić information content (AvgIpc) is 3.24.